The zero-order valence-corrected chi connectivity index (χ0v) is 15.1. The molecular weight excluding hydrogens is 345 g/mol. The molecular formula is C20H22FN5O. The van der Waals surface area contributed by atoms with E-state index in [1.165, 1.54) is 6.07 Å². The van der Waals surface area contributed by atoms with Gasteiger partial charge in [-0.05, 0) is 37.5 Å². The molecule has 2 fully saturated rings. The van der Waals surface area contributed by atoms with Crippen LogP contribution < -0.4 is 5.32 Å². The fourth-order valence-electron chi connectivity index (χ4n) is 4.04. The highest BCUT2D eigenvalue weighted by atomic mass is 19.1. The molecule has 2 saturated heterocycles. The number of halogens is 1. The summed E-state index contributed by atoms with van der Waals surface area (Å²) in [7, 11) is 0. The van der Waals surface area contributed by atoms with E-state index in [0.29, 0.717) is 18.6 Å². The first-order chi connectivity index (χ1) is 13.1. The third-order valence-electron chi connectivity index (χ3n) is 5.38. The number of benzene rings is 1. The second-order valence-corrected chi connectivity index (χ2v) is 7.27. The van der Waals surface area contributed by atoms with E-state index in [2.05, 4.69) is 21.3 Å². The zero-order chi connectivity index (χ0) is 18.8. The molecule has 2 aliphatic rings. The maximum Gasteiger partial charge on any atom is 0.237 e. The van der Waals surface area contributed by atoms with Gasteiger partial charge in [-0.2, -0.15) is 5.26 Å². The van der Waals surface area contributed by atoms with Gasteiger partial charge in [-0.1, -0.05) is 6.07 Å². The third-order valence-corrected chi connectivity index (χ3v) is 5.38. The van der Waals surface area contributed by atoms with Crippen LogP contribution in [0, 0.1) is 17.1 Å². The van der Waals surface area contributed by atoms with Crippen molar-refractivity contribution in [2.45, 2.75) is 31.3 Å². The number of nitriles is 1. The second-order valence-electron chi connectivity index (χ2n) is 7.27. The van der Waals surface area contributed by atoms with Crippen molar-refractivity contribution in [3.63, 3.8) is 0 Å². The molecule has 1 N–H and O–H groups in total. The van der Waals surface area contributed by atoms with Crippen molar-refractivity contribution in [2.24, 2.45) is 0 Å². The highest BCUT2D eigenvalue weighted by Crippen LogP contribution is 2.24. The van der Waals surface area contributed by atoms with E-state index >= 15 is 0 Å². The Kier molecular flexibility index (Phi) is 4.90. The second kappa shape index (κ2) is 7.49. The molecule has 1 amide bonds. The van der Waals surface area contributed by atoms with Crippen LogP contribution in [0.15, 0.2) is 30.5 Å². The Balaban J connectivity index is 1.36. The van der Waals surface area contributed by atoms with Crippen LogP contribution in [-0.4, -0.2) is 59.0 Å². The van der Waals surface area contributed by atoms with Crippen molar-refractivity contribution in [1.29, 1.82) is 5.26 Å². The molecule has 7 heteroatoms. The van der Waals surface area contributed by atoms with Gasteiger partial charge in [0, 0.05) is 42.9 Å². The molecule has 0 bridgehead atoms. The maximum atomic E-state index is 14.2. The van der Waals surface area contributed by atoms with E-state index in [4.69, 9.17) is 5.26 Å². The summed E-state index contributed by atoms with van der Waals surface area (Å²) >= 11 is 0. The predicted octanol–water partition coefficient (Wildman–Crippen LogP) is 2.37. The molecule has 2 atom stereocenters. The highest BCUT2D eigenvalue weighted by molar-refractivity contribution is 5.83. The van der Waals surface area contributed by atoms with Crippen molar-refractivity contribution >= 4 is 22.5 Å². The van der Waals surface area contributed by atoms with Gasteiger partial charge < -0.3 is 10.2 Å². The summed E-state index contributed by atoms with van der Waals surface area (Å²) in [6, 6.07) is 9.12. The number of anilines is 1. The molecule has 1 aromatic carbocycles. The summed E-state index contributed by atoms with van der Waals surface area (Å²) in [5, 5.41) is 13.3. The van der Waals surface area contributed by atoms with Crippen LogP contribution in [0.25, 0.3) is 10.9 Å². The van der Waals surface area contributed by atoms with Gasteiger partial charge in [0.25, 0.3) is 0 Å². The predicted molar refractivity (Wildman–Crippen MR) is 101 cm³/mol. The monoisotopic (exact) mass is 367 g/mol. The number of fused-ring (bicyclic) bond motifs is 1. The number of amides is 1. The van der Waals surface area contributed by atoms with E-state index in [-0.39, 0.29) is 23.8 Å². The first-order valence-corrected chi connectivity index (χ1v) is 9.36. The average Bonchev–Trinajstić information content (AvgIpc) is 3.31. The molecule has 2 aliphatic heterocycles. The normalized spacial score (nSPS) is 22.9. The number of carbonyl (C=O) groups excluding carboxylic acids is 1. The maximum absolute atomic E-state index is 14.2. The topological polar surface area (TPSA) is 72.3 Å². The third kappa shape index (κ3) is 3.71. The number of pyridine rings is 1. The van der Waals surface area contributed by atoms with E-state index < -0.39 is 0 Å². The standard InChI is InChI=1S/C20H22FN5O/c21-18-10-16(9-14-3-1-6-23-20(14)18)24-15-5-8-25(12-15)13-19(27)26-7-2-4-17(26)11-22/h1,3,6,9-10,15,17,24H,2,4-5,7-8,12-13H2/t15-,17+/m1/s1. The Hall–Kier alpha value is -2.72. The van der Waals surface area contributed by atoms with Crippen molar-refractivity contribution in [1.82, 2.24) is 14.8 Å². The van der Waals surface area contributed by atoms with Gasteiger partial charge in [0.1, 0.15) is 11.6 Å². The number of likely N-dealkylation sites (tertiary alicyclic amines) is 2. The fraction of sp³-hybridized carbons (Fsp3) is 0.450. The summed E-state index contributed by atoms with van der Waals surface area (Å²) in [4.78, 5) is 20.4. The molecule has 6 nitrogen and oxygen atoms in total. The van der Waals surface area contributed by atoms with Crippen LogP contribution in [-0.2, 0) is 4.79 Å². The van der Waals surface area contributed by atoms with Crippen molar-refractivity contribution in [3.05, 3.63) is 36.3 Å². The lowest BCUT2D eigenvalue weighted by Gasteiger charge is -2.23. The summed E-state index contributed by atoms with van der Waals surface area (Å²) in [5.41, 5.74) is 1.11. The number of hydrogen-bond donors (Lipinski definition) is 1. The van der Waals surface area contributed by atoms with Crippen molar-refractivity contribution < 1.29 is 9.18 Å². The lowest BCUT2D eigenvalue weighted by Crippen LogP contribution is -2.42. The number of nitrogens with one attached hydrogen (secondary N) is 1. The minimum atomic E-state index is -0.336. The Labute approximate surface area is 157 Å². The molecule has 0 aliphatic carbocycles. The van der Waals surface area contributed by atoms with Crippen LogP contribution in [0.3, 0.4) is 0 Å². The average molecular weight is 367 g/mol. The molecule has 3 heterocycles. The Morgan fingerprint density at radius 1 is 1.37 bits per heavy atom. The Morgan fingerprint density at radius 2 is 2.26 bits per heavy atom. The number of rotatable bonds is 4. The first kappa shape index (κ1) is 17.7. The number of aromatic nitrogens is 1. The minimum Gasteiger partial charge on any atom is -0.381 e. The minimum absolute atomic E-state index is 0.0301. The molecule has 0 unspecified atom stereocenters. The number of nitrogens with zero attached hydrogens (tertiary/aromatic N) is 4. The van der Waals surface area contributed by atoms with Crippen LogP contribution >= 0.6 is 0 Å². The summed E-state index contributed by atoms with van der Waals surface area (Å²) in [6.07, 6.45) is 4.15. The lowest BCUT2D eigenvalue weighted by atomic mass is 10.1. The van der Waals surface area contributed by atoms with E-state index in [1.807, 2.05) is 12.1 Å². The van der Waals surface area contributed by atoms with Crippen LogP contribution in [0.2, 0.25) is 0 Å². The molecule has 0 saturated carbocycles. The van der Waals surface area contributed by atoms with E-state index in [9.17, 15) is 9.18 Å². The smallest absolute Gasteiger partial charge is 0.237 e. The quantitative estimate of drug-likeness (QED) is 0.898. The number of carbonyl (C=O) groups is 1. The molecule has 1 aromatic heterocycles. The van der Waals surface area contributed by atoms with Gasteiger partial charge in [-0.15, -0.1) is 0 Å². The van der Waals surface area contributed by atoms with Crippen LogP contribution in [0.1, 0.15) is 19.3 Å². The summed E-state index contributed by atoms with van der Waals surface area (Å²) in [5.74, 6) is -0.306. The van der Waals surface area contributed by atoms with E-state index in [1.54, 1.807) is 17.2 Å². The lowest BCUT2D eigenvalue weighted by molar-refractivity contribution is -0.132. The van der Waals surface area contributed by atoms with Gasteiger partial charge >= 0.3 is 0 Å². The van der Waals surface area contributed by atoms with E-state index in [0.717, 1.165) is 43.4 Å². The molecule has 2 aromatic rings. The van der Waals surface area contributed by atoms with Crippen LogP contribution in [0.5, 0.6) is 0 Å². The molecule has 4 rings (SSSR count). The van der Waals surface area contributed by atoms with Crippen molar-refractivity contribution in [2.75, 3.05) is 31.5 Å². The summed E-state index contributed by atoms with van der Waals surface area (Å²) in [6.45, 7) is 2.55. The summed E-state index contributed by atoms with van der Waals surface area (Å²) < 4.78 is 14.2. The fourth-order valence-corrected chi connectivity index (χ4v) is 4.04. The van der Waals surface area contributed by atoms with Gasteiger partial charge in [-0.3, -0.25) is 14.7 Å². The SMILES string of the molecule is N#C[C@@H]1CCCN1C(=O)CN1CC[C@@H](Nc2cc(F)c3ncccc3c2)C1. The molecule has 27 heavy (non-hydrogen) atoms. The largest absolute Gasteiger partial charge is 0.381 e. The van der Waals surface area contributed by atoms with Gasteiger partial charge in [-0.25, -0.2) is 4.39 Å². The Bertz CT molecular complexity index is 896. The van der Waals surface area contributed by atoms with Crippen molar-refractivity contribution in [3.8, 4) is 6.07 Å². The van der Waals surface area contributed by atoms with Crippen LogP contribution in [0.4, 0.5) is 10.1 Å². The van der Waals surface area contributed by atoms with Gasteiger partial charge in [0.2, 0.25) is 5.91 Å². The van der Waals surface area contributed by atoms with Gasteiger partial charge in [0.05, 0.1) is 12.6 Å². The Morgan fingerprint density at radius 3 is 3.11 bits per heavy atom. The molecule has 0 spiro atoms. The number of hydrogen-bond acceptors (Lipinski definition) is 5. The first-order valence-electron chi connectivity index (χ1n) is 9.36. The zero-order valence-electron chi connectivity index (χ0n) is 15.1. The highest BCUT2D eigenvalue weighted by Gasteiger charge is 2.31. The molecule has 140 valence electrons. The van der Waals surface area contributed by atoms with Gasteiger partial charge in [0.15, 0.2) is 5.82 Å². The molecule has 0 radical (unpaired) electrons.